The number of rotatable bonds is 22. The van der Waals surface area contributed by atoms with Crippen LogP contribution in [0.3, 0.4) is 0 Å². The fourth-order valence-electron chi connectivity index (χ4n) is 14.8. The highest BCUT2D eigenvalue weighted by Gasteiger charge is 2.50. The molecule has 0 spiro atoms. The number of nitrogens with two attached hydrogens (primary N) is 3. The number of nitrogens with one attached hydrogen (secondary N) is 3. The molecule has 12 heterocycles. The Morgan fingerprint density at radius 1 is 0.568 bits per heavy atom. The number of amides is 1. The largest absolute Gasteiger partial charge is 0.457 e. The van der Waals surface area contributed by atoms with Crippen molar-refractivity contribution in [3.8, 4) is 5.88 Å². The summed E-state index contributed by atoms with van der Waals surface area (Å²) in [5.41, 5.74) is 38.7. The van der Waals surface area contributed by atoms with Gasteiger partial charge < -0.3 is 74.5 Å². The Morgan fingerprint density at radius 3 is 1.37 bits per heavy atom. The second-order valence-electron chi connectivity index (χ2n) is 27.8. The van der Waals surface area contributed by atoms with Crippen molar-refractivity contribution in [1.82, 2.24) is 83.0 Å². The molecule has 0 bridgehead atoms. The lowest BCUT2D eigenvalue weighted by Gasteiger charge is -2.36. The van der Waals surface area contributed by atoms with Crippen LogP contribution in [0.1, 0.15) is 154 Å². The highest BCUT2D eigenvalue weighted by molar-refractivity contribution is 5.98. The monoisotopic (exact) mass is 1640 g/mol. The molecule has 0 aliphatic carbocycles. The number of anilines is 3. The Hall–Kier alpha value is -11.2. The molecule has 4 fully saturated rings. The first-order valence-corrected chi connectivity index (χ1v) is 38.4. The van der Waals surface area contributed by atoms with Gasteiger partial charge in [0.05, 0.1) is 79.7 Å². The van der Waals surface area contributed by atoms with E-state index >= 15 is 0 Å². The number of nitrogens with zero attached hydrogens (tertiary/aromatic N) is 21. The van der Waals surface area contributed by atoms with Crippen molar-refractivity contribution in [2.45, 2.75) is 246 Å². The molecular weight excluding hydrogens is 1530 g/mol. The highest BCUT2D eigenvalue weighted by Crippen LogP contribution is 2.41. The molecule has 17 atom stereocenters. The number of fused-ring (bicyclic) bond motifs is 4. The number of para-hydroxylation sites is 2. The molecular formula is C76H107N27O15. The molecule has 10 aromatic rings. The Kier molecular flexibility index (Phi) is 30.6. The molecule has 4 aliphatic heterocycles. The molecule has 1 amide bonds. The summed E-state index contributed by atoms with van der Waals surface area (Å²) in [6.07, 6.45) is 1.13. The summed E-state index contributed by atoms with van der Waals surface area (Å²) in [5, 5.41) is 7.63. The molecule has 42 nitrogen and oxygen atoms in total. The van der Waals surface area contributed by atoms with Gasteiger partial charge in [0.2, 0.25) is 5.95 Å². The Morgan fingerprint density at radius 2 is 0.949 bits per heavy atom. The first-order chi connectivity index (χ1) is 57.5. The molecule has 42 heteroatoms. The van der Waals surface area contributed by atoms with Gasteiger partial charge in [0.25, 0.3) is 22.6 Å². The number of ether oxygens (including phenoxy) is 10. The van der Waals surface area contributed by atoms with E-state index < -0.39 is 85.1 Å². The lowest BCUT2D eigenvalue weighted by atomic mass is 10.1. The summed E-state index contributed by atoms with van der Waals surface area (Å²) < 4.78 is 77.4. The summed E-state index contributed by atoms with van der Waals surface area (Å²) in [4.78, 5) is 117. The van der Waals surface area contributed by atoms with Crippen molar-refractivity contribution >= 4 is 74.0 Å². The first-order valence-electron chi connectivity index (χ1n) is 39.8. The van der Waals surface area contributed by atoms with E-state index in [0.717, 1.165) is 6.42 Å². The third kappa shape index (κ3) is 19.6. The number of hydrogen-bond donors (Lipinski definition) is 6. The number of carbonyl (C=O) groups excluding carboxylic acids is 2. The number of esters is 1. The molecule has 5 unspecified atom stereocenters. The molecule has 118 heavy (non-hydrogen) atoms. The van der Waals surface area contributed by atoms with Crippen LogP contribution in [0.4, 0.5) is 22.1 Å². The summed E-state index contributed by atoms with van der Waals surface area (Å²) in [5.74, 6) is 0.710. The van der Waals surface area contributed by atoms with E-state index in [4.69, 9.17) is 78.4 Å². The van der Waals surface area contributed by atoms with Crippen molar-refractivity contribution in [1.29, 1.82) is 0 Å². The number of nitrogen functional groups attached to an aromatic ring is 1. The maximum Gasteiger partial charge on any atom is 0.425 e. The van der Waals surface area contributed by atoms with Gasteiger partial charge in [-0.05, 0) is 110 Å². The van der Waals surface area contributed by atoms with E-state index in [0.29, 0.717) is 91.1 Å². The van der Waals surface area contributed by atoms with Crippen LogP contribution in [0.25, 0.3) is 65.5 Å². The summed E-state index contributed by atoms with van der Waals surface area (Å²) in [6.45, 7) is 27.7. The molecule has 4 saturated heterocycles. The number of aromatic amines is 3. The summed E-state index contributed by atoms with van der Waals surface area (Å²) in [7, 11) is 4.70. The van der Waals surface area contributed by atoms with Crippen molar-refractivity contribution in [2.75, 3.05) is 38.6 Å². The normalized spacial score (nSPS) is 24.2. The predicted octanol–water partition coefficient (Wildman–Crippen LogP) is 9.37. The van der Waals surface area contributed by atoms with Crippen molar-refractivity contribution in [2.24, 2.45) is 21.7 Å². The minimum atomic E-state index is -0.927. The Balaban J connectivity index is 0.000000183. The fraction of sp³-hybridized carbons (Fsp3) is 0.553. The summed E-state index contributed by atoms with van der Waals surface area (Å²) >= 11 is 0. The van der Waals surface area contributed by atoms with E-state index in [1.54, 1.807) is 104 Å². The van der Waals surface area contributed by atoms with Crippen LogP contribution in [0.15, 0.2) is 111 Å². The van der Waals surface area contributed by atoms with Gasteiger partial charge in [-0.3, -0.25) is 47.3 Å². The third-order valence-corrected chi connectivity index (χ3v) is 19.8. The minimum Gasteiger partial charge on any atom is -0.457 e. The van der Waals surface area contributed by atoms with Crippen LogP contribution in [-0.4, -0.2) is 214 Å². The quantitative estimate of drug-likeness (QED) is 0.0121. The van der Waals surface area contributed by atoms with E-state index in [9.17, 15) is 24.0 Å². The lowest BCUT2D eigenvalue weighted by molar-refractivity contribution is -0.152. The maximum absolute atomic E-state index is 13.6. The zero-order valence-corrected chi connectivity index (χ0v) is 69.0. The van der Waals surface area contributed by atoms with Crippen LogP contribution in [0, 0.1) is 20.8 Å². The van der Waals surface area contributed by atoms with E-state index in [-0.39, 0.29) is 87.3 Å². The lowest BCUT2D eigenvalue weighted by Crippen LogP contribution is -2.47. The summed E-state index contributed by atoms with van der Waals surface area (Å²) in [6, 6.07) is 17.0. The standard InChI is InChI=1S/C27H26N8O5.C20H34N6O4.C13H19N5O3.C12H16N8O3.2C2H6/c1-4-20-21(32-33-28)23(38-17(3)36)26(39-20)34-15-29-22-24(34)30-16(2)31-25(22)40-27(37)35(18-11-7-5-8-12-18)19-13-9-6-10-14-19;1-10(2)26(11(3)4)13(6)29-8-14-15(21)17(28-7)20(30-14)25-9-22-16-18(25)23-12(5)24-19(16)27;1-4-7-8(14)10(20-3)13(21-7)18-5-15-9-11(18)16-6(2)17-12(9)19;1-3-5-6(18-19-14)8(22-2)11(23-5)20-4-15-7-9(20)16-12(13)17-10(7)21;2*1-2/h5-15,20-21,23,26H,4H2,1-3H3;9-11,13-15,17,20H,8,21H2,1-7H3,(H,23,24,27);5,7-8,10,13H,4,14H2,1-3H3,(H,16,17,19);4-6,8,11H,3H2,1-2H3,(H3,13,16,17,21);2*1-2H3/t20-,21+,23?,26-;13?,14-,15+,17?,20-;7-,8+,10?,13-;5-,6+,8?,11-;;/m1111../s1/i;;;;2*1T. The highest BCUT2D eigenvalue weighted by atomic mass is 16.6. The number of hydrogen-bond acceptors (Lipinski definition) is 30. The second-order valence-corrected chi connectivity index (χ2v) is 27.8. The SMILES string of the molecule is CC[C@H]1O[C@@H](n2cnc3c(=O)[nH]c(C)nc32)C(OC)[C@H]1N.CC[C@H]1O[C@@H](n2cnc3c(=O)[nH]c(N)nc32)C(OC)[C@H]1N=[N+]=[N-].CC[C@H]1O[C@@H](n2cnc3c(OC(=O)N(c4ccccc4)c4ccccc4)nc(C)nc32)C(OC(C)=O)[C@H]1N=[N+]=[N-].COC1[C@@H](N)[C@@H](COC(C)N(C(C)C)C(C)C)O[C@H]1n1cnc2c(=O)[nH]c(C)nc21.[3H]CC.[3H]CC. The van der Waals surface area contributed by atoms with Crippen LogP contribution in [-0.2, 0) is 47.4 Å². The van der Waals surface area contributed by atoms with Gasteiger partial charge in [-0.15, -0.1) is 0 Å². The number of aromatic nitrogens is 16. The molecule has 636 valence electrons. The number of methoxy groups -OCH3 is 3. The minimum absolute atomic E-state index is 0.0187. The second kappa shape index (κ2) is 41.2. The van der Waals surface area contributed by atoms with Gasteiger partial charge >= 0.3 is 12.1 Å². The maximum atomic E-state index is 13.6. The molecule has 4 aliphatic rings. The van der Waals surface area contributed by atoms with Gasteiger partial charge in [0.1, 0.15) is 54.2 Å². The molecule has 2 aromatic carbocycles. The van der Waals surface area contributed by atoms with Gasteiger partial charge in [-0.25, -0.2) is 44.6 Å². The Bertz CT molecular complexity index is 5280. The average molecular weight is 1640 g/mol. The zero-order chi connectivity index (χ0) is 87.5. The van der Waals surface area contributed by atoms with Gasteiger partial charge in [0.15, 0.2) is 75.7 Å². The average Bonchev–Trinajstić information content (AvgIpc) is 1.63. The van der Waals surface area contributed by atoms with Crippen LogP contribution < -0.4 is 43.5 Å². The topological polar surface area (TPSA) is 543 Å². The third-order valence-electron chi connectivity index (χ3n) is 19.8. The molecule has 0 radical (unpaired) electrons. The van der Waals surface area contributed by atoms with E-state index in [1.165, 1.54) is 31.6 Å². The van der Waals surface area contributed by atoms with Crippen molar-refractivity contribution in [3.63, 3.8) is 0 Å². The van der Waals surface area contributed by atoms with Gasteiger partial charge in [-0.1, -0.05) is 95.0 Å². The smallest absolute Gasteiger partial charge is 0.425 e. The molecule has 14 rings (SSSR count). The van der Waals surface area contributed by atoms with Gasteiger partial charge in [0, 0.05) is 52.9 Å². The predicted molar refractivity (Wildman–Crippen MR) is 436 cm³/mol. The number of imidazole rings is 4. The number of aryl methyl sites for hydroxylation is 3. The van der Waals surface area contributed by atoms with Crippen molar-refractivity contribution in [3.05, 3.63) is 155 Å². The van der Waals surface area contributed by atoms with E-state index in [1.807, 2.05) is 64.1 Å². The van der Waals surface area contributed by atoms with Crippen molar-refractivity contribution < 1.29 is 59.7 Å². The zero-order valence-electron chi connectivity index (χ0n) is 71.0. The number of benzene rings is 2. The number of carbonyl (C=O) groups is 2. The molecule has 9 N–H and O–H groups in total. The van der Waals surface area contributed by atoms with Crippen LogP contribution in [0.5, 0.6) is 5.88 Å². The number of H-pyrrole nitrogens is 3. The van der Waals surface area contributed by atoms with E-state index in [2.05, 4.69) is 112 Å². The Labute approximate surface area is 681 Å². The first kappa shape index (κ1) is 87.6. The number of azide groups is 2. The fourth-order valence-corrected chi connectivity index (χ4v) is 14.8. The van der Waals surface area contributed by atoms with Crippen LogP contribution >= 0.6 is 0 Å². The van der Waals surface area contributed by atoms with Gasteiger partial charge in [-0.2, -0.15) is 9.97 Å². The molecule has 0 saturated carbocycles. The van der Waals surface area contributed by atoms with Crippen LogP contribution in [0.2, 0.25) is 0 Å². The molecule has 8 aromatic heterocycles.